The number of aliphatic hydroxyl groups is 1. The molecule has 0 amide bonds. The highest BCUT2D eigenvalue weighted by molar-refractivity contribution is 7.52. The molecular weight excluding hydrogens is 653 g/mol. The first-order valence-corrected chi connectivity index (χ1v) is 15.6. The molecule has 250 valence electrons. The number of H-pyrrole nitrogens is 1. The number of esters is 1. The van der Waals surface area contributed by atoms with E-state index in [1.807, 2.05) is 0 Å². The Balaban J connectivity index is 1.45. The SMILES string of the molecule is C[C@H](N[P@@](=O)(Oc1cccc2ccccc12)O[C@@H]([C@H]1O[C@@H](n2cc(F)c(=O)[nH]c2=O)CC1O)C(F)(F)F)C(=O)OCc1ccccc1. The molecule has 4 aromatic rings. The molecule has 0 radical (unpaired) electrons. The Morgan fingerprint density at radius 1 is 1.11 bits per heavy atom. The number of aromatic amines is 1. The number of alkyl halides is 3. The molecule has 6 atom stereocenters. The number of benzene rings is 3. The fraction of sp³-hybridized carbons (Fsp3) is 0.300. The Bertz CT molecular complexity index is 1900. The molecule has 3 aromatic carbocycles. The van der Waals surface area contributed by atoms with E-state index in [1.54, 1.807) is 65.6 Å². The van der Waals surface area contributed by atoms with Crippen LogP contribution in [0.15, 0.2) is 88.6 Å². The number of rotatable bonds is 11. The van der Waals surface area contributed by atoms with Crippen LogP contribution in [0.2, 0.25) is 0 Å². The zero-order valence-electron chi connectivity index (χ0n) is 24.4. The van der Waals surface area contributed by atoms with Crippen molar-refractivity contribution >= 4 is 24.5 Å². The van der Waals surface area contributed by atoms with Gasteiger partial charge in [-0.1, -0.05) is 66.7 Å². The monoisotopic (exact) mass is 681 g/mol. The van der Waals surface area contributed by atoms with E-state index in [-0.39, 0.29) is 12.4 Å². The van der Waals surface area contributed by atoms with Gasteiger partial charge in [0.25, 0.3) is 5.56 Å². The minimum atomic E-state index is -5.38. The summed E-state index contributed by atoms with van der Waals surface area (Å²) in [5.41, 5.74) is -1.97. The van der Waals surface area contributed by atoms with Gasteiger partial charge in [0.05, 0.1) is 12.3 Å². The lowest BCUT2D eigenvalue weighted by Gasteiger charge is -2.32. The second-order valence-corrected chi connectivity index (χ2v) is 12.2. The first-order chi connectivity index (χ1) is 22.2. The molecule has 1 aromatic heterocycles. The third kappa shape index (κ3) is 7.97. The third-order valence-electron chi connectivity index (χ3n) is 7.14. The zero-order valence-corrected chi connectivity index (χ0v) is 25.3. The van der Waals surface area contributed by atoms with E-state index < -0.39 is 74.0 Å². The van der Waals surface area contributed by atoms with Crippen molar-refractivity contribution in [1.82, 2.24) is 14.6 Å². The normalized spacial score (nSPS) is 20.8. The lowest BCUT2D eigenvalue weighted by atomic mass is 10.1. The van der Waals surface area contributed by atoms with E-state index in [2.05, 4.69) is 5.09 Å². The molecule has 47 heavy (non-hydrogen) atoms. The van der Waals surface area contributed by atoms with Gasteiger partial charge in [0.2, 0.25) is 5.82 Å². The maximum atomic E-state index is 14.6. The minimum absolute atomic E-state index is 0.161. The number of hydrogen-bond acceptors (Lipinski definition) is 9. The van der Waals surface area contributed by atoms with Crippen LogP contribution in [0, 0.1) is 5.82 Å². The van der Waals surface area contributed by atoms with Crippen molar-refractivity contribution in [3.05, 3.63) is 111 Å². The number of fused-ring (bicyclic) bond motifs is 1. The molecule has 12 nitrogen and oxygen atoms in total. The smallest absolute Gasteiger partial charge is 0.460 e. The van der Waals surface area contributed by atoms with Crippen molar-refractivity contribution in [2.75, 3.05) is 0 Å². The van der Waals surface area contributed by atoms with Crippen molar-refractivity contribution in [3.8, 4) is 5.75 Å². The molecular formula is C30H28F4N3O9P. The molecule has 1 aliphatic heterocycles. The summed E-state index contributed by atoms with van der Waals surface area (Å²) in [4.78, 5) is 38.2. The minimum Gasteiger partial charge on any atom is -0.460 e. The van der Waals surface area contributed by atoms with Gasteiger partial charge in [-0.2, -0.15) is 22.6 Å². The first-order valence-electron chi connectivity index (χ1n) is 14.1. The summed E-state index contributed by atoms with van der Waals surface area (Å²) in [6.07, 6.45) is -14.8. The number of hydrogen-bond donors (Lipinski definition) is 3. The van der Waals surface area contributed by atoms with Crippen molar-refractivity contribution in [2.45, 2.75) is 56.7 Å². The highest BCUT2D eigenvalue weighted by Gasteiger charge is 2.56. The summed E-state index contributed by atoms with van der Waals surface area (Å²) in [6, 6.07) is 18.0. The summed E-state index contributed by atoms with van der Waals surface area (Å²) in [6.45, 7) is 0.979. The standard InChI is InChI=1S/C30H28F4N3O9P/c1-17(28(40)43-16-18-8-3-2-4-9-18)36-47(42,45-23-13-7-11-19-10-5-6-12-20(19)23)46-26(30(32,33)34)25-22(38)14-24(44-25)37-15-21(31)27(39)35-29(37)41/h2-13,15,17,22,24-26,38H,14,16H2,1H3,(H,36,42)(H,35,39,41)/t17-,22?,24+,25-,26-,47+/m0/s1. The second-order valence-electron chi connectivity index (χ2n) is 10.6. The number of aliphatic hydroxyl groups excluding tert-OH is 1. The first kappa shape index (κ1) is 34.0. The van der Waals surface area contributed by atoms with Crippen LogP contribution in [0.4, 0.5) is 17.6 Å². The molecule has 0 spiro atoms. The number of nitrogens with one attached hydrogen (secondary N) is 2. The van der Waals surface area contributed by atoms with Crippen molar-refractivity contribution in [2.24, 2.45) is 0 Å². The molecule has 1 aliphatic rings. The Morgan fingerprint density at radius 3 is 2.51 bits per heavy atom. The Kier molecular flexibility index (Phi) is 9.98. The molecule has 0 saturated carbocycles. The van der Waals surface area contributed by atoms with Gasteiger partial charge in [0.15, 0.2) is 6.10 Å². The van der Waals surface area contributed by atoms with Crippen LogP contribution in [-0.2, 0) is 30.0 Å². The van der Waals surface area contributed by atoms with Gasteiger partial charge < -0.3 is 19.1 Å². The molecule has 17 heteroatoms. The molecule has 2 heterocycles. The highest BCUT2D eigenvalue weighted by Crippen LogP contribution is 2.51. The summed E-state index contributed by atoms with van der Waals surface area (Å²) in [7, 11) is -5.24. The molecule has 1 saturated heterocycles. The van der Waals surface area contributed by atoms with Gasteiger partial charge in [-0.15, -0.1) is 0 Å². The second kappa shape index (κ2) is 13.8. The van der Waals surface area contributed by atoms with Crippen molar-refractivity contribution in [3.63, 3.8) is 0 Å². The van der Waals surface area contributed by atoms with Gasteiger partial charge >= 0.3 is 25.6 Å². The Morgan fingerprint density at radius 2 is 1.79 bits per heavy atom. The number of ether oxygens (including phenoxy) is 2. The van der Waals surface area contributed by atoms with Crippen molar-refractivity contribution < 1.29 is 50.5 Å². The number of aromatic nitrogens is 2. The summed E-state index contributed by atoms with van der Waals surface area (Å²) >= 11 is 0. The number of carbonyl (C=O) groups is 1. The van der Waals surface area contributed by atoms with Crippen LogP contribution in [0.3, 0.4) is 0 Å². The van der Waals surface area contributed by atoms with Crippen LogP contribution in [0.25, 0.3) is 10.8 Å². The molecule has 3 N–H and O–H groups in total. The molecule has 0 bridgehead atoms. The molecule has 0 aliphatic carbocycles. The molecule has 1 unspecified atom stereocenters. The predicted molar refractivity (Wildman–Crippen MR) is 158 cm³/mol. The fourth-order valence-corrected chi connectivity index (χ4v) is 6.57. The predicted octanol–water partition coefficient (Wildman–Crippen LogP) is 4.33. The van der Waals surface area contributed by atoms with Gasteiger partial charge in [0, 0.05) is 11.8 Å². The average Bonchev–Trinajstić information content (AvgIpc) is 3.41. The van der Waals surface area contributed by atoms with Crippen LogP contribution < -0.4 is 20.9 Å². The van der Waals surface area contributed by atoms with Gasteiger partial charge in [-0.3, -0.25) is 23.7 Å². The fourth-order valence-electron chi connectivity index (χ4n) is 4.88. The molecule has 5 rings (SSSR count). The van der Waals surface area contributed by atoms with Crippen LogP contribution >= 0.6 is 7.75 Å². The lowest BCUT2D eigenvalue weighted by molar-refractivity contribution is -0.237. The quantitative estimate of drug-likeness (QED) is 0.118. The van der Waals surface area contributed by atoms with E-state index >= 15 is 0 Å². The summed E-state index contributed by atoms with van der Waals surface area (Å²) in [5.74, 6) is -2.59. The van der Waals surface area contributed by atoms with Crippen LogP contribution in [0.1, 0.15) is 25.1 Å². The van der Waals surface area contributed by atoms with E-state index in [1.165, 1.54) is 19.1 Å². The zero-order chi connectivity index (χ0) is 33.9. The van der Waals surface area contributed by atoms with Gasteiger partial charge in [-0.05, 0) is 23.9 Å². The average molecular weight is 682 g/mol. The van der Waals surface area contributed by atoms with E-state index in [0.717, 1.165) is 0 Å². The highest BCUT2D eigenvalue weighted by atomic mass is 31.2. The topological polar surface area (TPSA) is 158 Å². The van der Waals surface area contributed by atoms with Crippen molar-refractivity contribution in [1.29, 1.82) is 0 Å². The Hall–Kier alpha value is -4.34. The largest absolute Gasteiger partial charge is 0.460 e. The number of nitrogens with zero attached hydrogens (tertiary/aromatic N) is 1. The maximum Gasteiger partial charge on any atom is 0.460 e. The van der Waals surface area contributed by atoms with Gasteiger partial charge in [0.1, 0.15) is 30.7 Å². The van der Waals surface area contributed by atoms with Crippen LogP contribution in [-0.4, -0.2) is 51.2 Å². The summed E-state index contributed by atoms with van der Waals surface area (Å²) < 4.78 is 93.8. The maximum absolute atomic E-state index is 14.6. The lowest BCUT2D eigenvalue weighted by Crippen LogP contribution is -2.48. The van der Waals surface area contributed by atoms with E-state index in [9.17, 15) is 41.6 Å². The Labute approximate surface area is 263 Å². The third-order valence-corrected chi connectivity index (χ3v) is 8.79. The van der Waals surface area contributed by atoms with E-state index in [0.29, 0.717) is 27.1 Å². The number of carbonyl (C=O) groups excluding carboxylic acids is 1. The van der Waals surface area contributed by atoms with Gasteiger partial charge in [-0.25, -0.2) is 9.36 Å². The molecule has 1 fully saturated rings. The van der Waals surface area contributed by atoms with E-state index in [4.69, 9.17) is 18.5 Å². The summed E-state index contributed by atoms with van der Waals surface area (Å²) in [5, 5.41) is 13.8. The number of halogens is 4. The van der Waals surface area contributed by atoms with Crippen LogP contribution in [0.5, 0.6) is 5.75 Å².